The fourth-order valence-corrected chi connectivity index (χ4v) is 1.18. The zero-order chi connectivity index (χ0) is 10.7. The molecule has 76 valence electrons. The van der Waals surface area contributed by atoms with Gasteiger partial charge >= 0.3 is 5.97 Å². The zero-order valence-electron chi connectivity index (χ0n) is 7.83. The van der Waals surface area contributed by atoms with Crippen LogP contribution in [0.25, 0.3) is 0 Å². The first-order chi connectivity index (χ1) is 6.56. The van der Waals surface area contributed by atoms with Gasteiger partial charge in [-0.3, -0.25) is 0 Å². The van der Waals surface area contributed by atoms with E-state index in [-0.39, 0.29) is 11.1 Å². The molecule has 0 aromatic heterocycles. The summed E-state index contributed by atoms with van der Waals surface area (Å²) in [6, 6.07) is 3.19. The molecule has 0 amide bonds. The molecule has 3 nitrogen and oxygen atoms in total. The van der Waals surface area contributed by atoms with Gasteiger partial charge in [0.15, 0.2) is 0 Å². The van der Waals surface area contributed by atoms with Crippen LogP contribution in [0, 0.1) is 5.82 Å². The fourth-order valence-electron chi connectivity index (χ4n) is 1.18. The summed E-state index contributed by atoms with van der Waals surface area (Å²) in [6.45, 7) is 1.82. The van der Waals surface area contributed by atoms with Crippen LogP contribution in [-0.4, -0.2) is 11.1 Å². The van der Waals surface area contributed by atoms with Gasteiger partial charge in [-0.2, -0.15) is 0 Å². The van der Waals surface area contributed by atoms with Crippen LogP contribution in [0.5, 0.6) is 0 Å². The lowest BCUT2D eigenvalue weighted by Gasteiger charge is -2.10. The lowest BCUT2D eigenvalue weighted by atomic mass is 10.0. The van der Waals surface area contributed by atoms with Crippen LogP contribution in [-0.2, 0) is 0 Å². The molecule has 0 saturated carbocycles. The van der Waals surface area contributed by atoms with Crippen LogP contribution in [0.15, 0.2) is 18.2 Å². The molecular weight excluding hydrogens is 185 g/mol. The predicted molar refractivity (Wildman–Crippen MR) is 50.6 cm³/mol. The molecule has 0 aliphatic rings. The van der Waals surface area contributed by atoms with E-state index in [0.717, 1.165) is 6.07 Å². The second-order valence-electron chi connectivity index (χ2n) is 3.06. The van der Waals surface area contributed by atoms with Crippen molar-refractivity contribution < 1.29 is 14.3 Å². The number of rotatable bonds is 3. The topological polar surface area (TPSA) is 63.3 Å². The number of carboxylic acid groups (broad SMARTS) is 1. The molecule has 0 saturated heterocycles. The van der Waals surface area contributed by atoms with Crippen LogP contribution < -0.4 is 5.73 Å². The number of aromatic carboxylic acids is 1. The van der Waals surface area contributed by atoms with Crippen LogP contribution in [0.1, 0.15) is 35.3 Å². The third kappa shape index (κ3) is 2.09. The van der Waals surface area contributed by atoms with Crippen molar-refractivity contribution in [2.45, 2.75) is 19.4 Å². The molecule has 0 aliphatic carbocycles. The van der Waals surface area contributed by atoms with Gasteiger partial charge in [-0.1, -0.05) is 6.92 Å². The second-order valence-corrected chi connectivity index (χ2v) is 3.06. The van der Waals surface area contributed by atoms with Crippen LogP contribution in [0.4, 0.5) is 4.39 Å². The highest BCUT2D eigenvalue weighted by molar-refractivity contribution is 5.87. The molecule has 1 rings (SSSR count). The van der Waals surface area contributed by atoms with Gasteiger partial charge in [0.05, 0.1) is 5.56 Å². The smallest absolute Gasteiger partial charge is 0.335 e. The monoisotopic (exact) mass is 197 g/mol. The maximum absolute atomic E-state index is 13.2. The van der Waals surface area contributed by atoms with E-state index in [2.05, 4.69) is 0 Å². The van der Waals surface area contributed by atoms with Gasteiger partial charge < -0.3 is 10.8 Å². The van der Waals surface area contributed by atoms with Gasteiger partial charge in [-0.15, -0.1) is 0 Å². The van der Waals surface area contributed by atoms with Gasteiger partial charge in [0, 0.05) is 11.6 Å². The summed E-state index contributed by atoms with van der Waals surface area (Å²) in [5.41, 5.74) is 5.95. The van der Waals surface area contributed by atoms with E-state index >= 15 is 0 Å². The van der Waals surface area contributed by atoms with E-state index in [1.807, 2.05) is 6.92 Å². The Balaban J connectivity index is 3.14. The van der Waals surface area contributed by atoms with Crippen LogP contribution in [0.2, 0.25) is 0 Å². The van der Waals surface area contributed by atoms with Crippen molar-refractivity contribution in [3.8, 4) is 0 Å². The van der Waals surface area contributed by atoms with Crippen molar-refractivity contribution in [2.75, 3.05) is 0 Å². The maximum Gasteiger partial charge on any atom is 0.335 e. The Morgan fingerprint density at radius 2 is 2.29 bits per heavy atom. The summed E-state index contributed by atoms with van der Waals surface area (Å²) in [4.78, 5) is 10.6. The maximum atomic E-state index is 13.2. The molecule has 14 heavy (non-hydrogen) atoms. The highest BCUT2D eigenvalue weighted by Gasteiger charge is 2.12. The molecule has 1 aromatic carbocycles. The van der Waals surface area contributed by atoms with Gasteiger partial charge in [0.2, 0.25) is 0 Å². The number of benzene rings is 1. The molecule has 3 N–H and O–H groups in total. The Kier molecular flexibility index (Phi) is 3.19. The molecule has 1 aromatic rings. The Hall–Kier alpha value is -1.42. The van der Waals surface area contributed by atoms with E-state index in [1.165, 1.54) is 12.1 Å². The van der Waals surface area contributed by atoms with Gasteiger partial charge in [-0.25, -0.2) is 9.18 Å². The molecule has 0 heterocycles. The Morgan fingerprint density at radius 3 is 2.79 bits per heavy atom. The summed E-state index contributed by atoms with van der Waals surface area (Å²) < 4.78 is 13.2. The lowest BCUT2D eigenvalue weighted by Crippen LogP contribution is -2.12. The van der Waals surface area contributed by atoms with Crippen molar-refractivity contribution >= 4 is 5.97 Å². The standard InChI is InChI=1S/C10H12FNO2/c1-2-9(12)7-5-6(10(13)14)3-4-8(7)11/h3-5,9H,2,12H2,1H3,(H,13,14)/t9-/m0/s1. The molecular formula is C10H12FNO2. The zero-order valence-corrected chi connectivity index (χ0v) is 7.83. The van der Waals surface area contributed by atoms with Crippen molar-refractivity contribution in [1.29, 1.82) is 0 Å². The second kappa shape index (κ2) is 4.19. The number of carbonyl (C=O) groups is 1. The molecule has 0 aliphatic heterocycles. The van der Waals surface area contributed by atoms with Crippen LogP contribution >= 0.6 is 0 Å². The number of halogens is 1. The summed E-state index contributed by atoms with van der Waals surface area (Å²) in [5, 5.41) is 8.69. The minimum atomic E-state index is -1.07. The minimum Gasteiger partial charge on any atom is -0.478 e. The SMILES string of the molecule is CC[C@H](N)c1cc(C(=O)O)ccc1F. The molecule has 1 atom stereocenters. The van der Waals surface area contributed by atoms with E-state index in [4.69, 9.17) is 10.8 Å². The van der Waals surface area contributed by atoms with E-state index in [9.17, 15) is 9.18 Å². The third-order valence-corrected chi connectivity index (χ3v) is 2.08. The summed E-state index contributed by atoms with van der Waals surface area (Å²) in [6.07, 6.45) is 0.569. The van der Waals surface area contributed by atoms with Crippen molar-refractivity contribution in [1.82, 2.24) is 0 Å². The number of hydrogen-bond donors (Lipinski definition) is 2. The molecule has 4 heteroatoms. The largest absolute Gasteiger partial charge is 0.478 e. The molecule has 0 fully saturated rings. The highest BCUT2D eigenvalue weighted by atomic mass is 19.1. The fraction of sp³-hybridized carbons (Fsp3) is 0.300. The van der Waals surface area contributed by atoms with E-state index < -0.39 is 17.8 Å². The average Bonchev–Trinajstić information content (AvgIpc) is 2.17. The third-order valence-electron chi connectivity index (χ3n) is 2.08. The lowest BCUT2D eigenvalue weighted by molar-refractivity contribution is 0.0696. The van der Waals surface area contributed by atoms with E-state index in [1.54, 1.807) is 0 Å². The Morgan fingerprint density at radius 1 is 1.64 bits per heavy atom. The summed E-state index contributed by atoms with van der Waals surface area (Å²) >= 11 is 0. The molecule has 0 bridgehead atoms. The molecule has 0 unspecified atom stereocenters. The minimum absolute atomic E-state index is 0.0605. The van der Waals surface area contributed by atoms with Crippen molar-refractivity contribution in [3.63, 3.8) is 0 Å². The van der Waals surface area contributed by atoms with Gasteiger partial charge in [0.25, 0.3) is 0 Å². The number of nitrogens with two attached hydrogens (primary N) is 1. The van der Waals surface area contributed by atoms with Gasteiger partial charge in [-0.05, 0) is 24.6 Å². The first-order valence-electron chi connectivity index (χ1n) is 4.34. The number of hydrogen-bond acceptors (Lipinski definition) is 2. The summed E-state index contributed by atoms with van der Waals surface area (Å²) in [5.74, 6) is -1.53. The normalized spacial score (nSPS) is 12.5. The highest BCUT2D eigenvalue weighted by Crippen LogP contribution is 2.19. The first-order valence-corrected chi connectivity index (χ1v) is 4.34. The Bertz CT molecular complexity index is 352. The molecule has 0 spiro atoms. The number of carboxylic acids is 1. The molecule has 0 radical (unpaired) electrons. The van der Waals surface area contributed by atoms with Gasteiger partial charge in [0.1, 0.15) is 5.82 Å². The van der Waals surface area contributed by atoms with Crippen LogP contribution in [0.3, 0.4) is 0 Å². The Labute approximate surface area is 81.4 Å². The predicted octanol–water partition coefficient (Wildman–Crippen LogP) is 1.93. The summed E-state index contributed by atoms with van der Waals surface area (Å²) in [7, 11) is 0. The van der Waals surface area contributed by atoms with E-state index in [0.29, 0.717) is 6.42 Å². The van der Waals surface area contributed by atoms with Crippen molar-refractivity contribution in [2.24, 2.45) is 5.73 Å². The van der Waals surface area contributed by atoms with Crippen molar-refractivity contribution in [3.05, 3.63) is 35.1 Å². The first kappa shape index (κ1) is 10.7. The average molecular weight is 197 g/mol. The quantitative estimate of drug-likeness (QED) is 0.778.